The van der Waals surface area contributed by atoms with Crippen molar-refractivity contribution >= 4 is 11.8 Å². The molecule has 0 atom stereocenters. The largest absolute Gasteiger partial charge is 0.409 e. The van der Waals surface area contributed by atoms with Crippen molar-refractivity contribution in [2.45, 2.75) is 43.1 Å². The third kappa shape index (κ3) is 4.27. The Balaban J connectivity index is 5.06. The fourth-order valence-corrected chi connectivity index (χ4v) is 1.77. The summed E-state index contributed by atoms with van der Waals surface area (Å²) in [5.74, 6) is 0. The molecule has 0 aromatic heterocycles. The third-order valence-corrected chi connectivity index (χ3v) is 3.74. The molecule has 0 rings (SSSR count). The van der Waals surface area contributed by atoms with Crippen molar-refractivity contribution < 1.29 is 26.3 Å². The van der Waals surface area contributed by atoms with Gasteiger partial charge in [-0.2, -0.15) is 26.3 Å². The first-order valence-electron chi connectivity index (χ1n) is 4.25. The van der Waals surface area contributed by atoms with E-state index in [1.807, 2.05) is 0 Å². The Morgan fingerprint density at radius 1 is 1.00 bits per heavy atom. The van der Waals surface area contributed by atoms with Gasteiger partial charge in [0.1, 0.15) is 0 Å². The maximum Gasteiger partial charge on any atom is 0.409 e. The second kappa shape index (κ2) is 4.50. The lowest BCUT2D eigenvalue weighted by Gasteiger charge is -2.32. The molecule has 0 bridgehead atoms. The topological polar surface area (TPSA) is 0 Å². The van der Waals surface area contributed by atoms with E-state index in [4.69, 9.17) is 0 Å². The molecular weight excluding hydrogens is 254 g/mol. The van der Waals surface area contributed by atoms with Crippen molar-refractivity contribution in [1.29, 1.82) is 0 Å². The van der Waals surface area contributed by atoms with Gasteiger partial charge < -0.3 is 0 Å². The van der Waals surface area contributed by atoms with Crippen LogP contribution in [0, 0.1) is 0 Å². The molecular formula is C9H12F6S. The van der Waals surface area contributed by atoms with Crippen molar-refractivity contribution in [3.05, 3.63) is 12.2 Å². The fourth-order valence-electron chi connectivity index (χ4n) is 0.714. The van der Waals surface area contributed by atoms with Crippen LogP contribution in [0.15, 0.2) is 12.2 Å². The Kier molecular flexibility index (Phi) is 4.41. The van der Waals surface area contributed by atoms with Crippen molar-refractivity contribution in [3.8, 4) is 0 Å². The van der Waals surface area contributed by atoms with E-state index < -0.39 is 22.3 Å². The smallest absolute Gasteiger partial charge is 0.169 e. The first kappa shape index (κ1) is 15.7. The van der Waals surface area contributed by atoms with Crippen LogP contribution in [0.5, 0.6) is 0 Å². The van der Waals surface area contributed by atoms with Gasteiger partial charge in [-0.15, -0.1) is 11.8 Å². The summed E-state index contributed by atoms with van der Waals surface area (Å²) in [5.41, 5.74) is 0.260. The quantitative estimate of drug-likeness (QED) is 0.532. The highest BCUT2D eigenvalue weighted by Crippen LogP contribution is 2.48. The molecule has 0 heterocycles. The van der Waals surface area contributed by atoms with Crippen LogP contribution < -0.4 is 0 Å². The van der Waals surface area contributed by atoms with Crippen molar-refractivity contribution in [1.82, 2.24) is 0 Å². The van der Waals surface area contributed by atoms with Crippen LogP contribution in [0.1, 0.15) is 20.8 Å². The summed E-state index contributed by atoms with van der Waals surface area (Å²) in [6.07, 6.45) is -10.6. The number of halogens is 6. The average Bonchev–Trinajstić information content (AvgIpc) is 1.95. The molecule has 0 aromatic carbocycles. The number of thioether (sulfide) groups is 1. The molecule has 0 amide bonds. The maximum absolute atomic E-state index is 12.2. The summed E-state index contributed by atoms with van der Waals surface area (Å²) in [6, 6.07) is 0. The Hall–Kier alpha value is -0.330. The summed E-state index contributed by atoms with van der Waals surface area (Å²) < 4.78 is 72.2. The van der Waals surface area contributed by atoms with E-state index in [9.17, 15) is 26.3 Å². The molecule has 0 nitrogen and oxygen atoms in total. The highest BCUT2D eigenvalue weighted by Gasteiger charge is 2.58. The van der Waals surface area contributed by atoms with Gasteiger partial charge in [0.05, 0.1) is 0 Å². The molecule has 7 heteroatoms. The summed E-state index contributed by atoms with van der Waals surface area (Å²) >= 11 is -0.181. The molecule has 0 saturated heterocycles. The van der Waals surface area contributed by atoms with Crippen LogP contribution in [-0.2, 0) is 0 Å². The van der Waals surface area contributed by atoms with E-state index in [0.717, 1.165) is 0 Å². The number of hydrogen-bond acceptors (Lipinski definition) is 1. The van der Waals surface area contributed by atoms with Gasteiger partial charge in [0, 0.05) is 4.75 Å². The van der Waals surface area contributed by atoms with Gasteiger partial charge in [0.2, 0.25) is 0 Å². The van der Waals surface area contributed by atoms with Crippen LogP contribution in [0.2, 0.25) is 0 Å². The van der Waals surface area contributed by atoms with Crippen LogP contribution in [0.25, 0.3) is 0 Å². The molecule has 0 unspecified atom stereocenters. The number of alkyl halides is 6. The Bertz CT molecular complexity index is 248. The Labute approximate surface area is 94.1 Å². The van der Waals surface area contributed by atoms with Crippen LogP contribution in [0.4, 0.5) is 26.3 Å². The van der Waals surface area contributed by atoms with Gasteiger partial charge in [-0.25, -0.2) is 0 Å². The van der Waals surface area contributed by atoms with E-state index in [1.165, 1.54) is 20.8 Å². The zero-order chi connectivity index (χ0) is 13.4. The predicted octanol–water partition coefficient (Wildman–Crippen LogP) is 4.57. The minimum atomic E-state index is -5.31. The average molecular weight is 266 g/mol. The zero-order valence-corrected chi connectivity index (χ0v) is 9.78. The second-order valence-corrected chi connectivity index (χ2v) is 5.60. The standard InChI is InChI=1S/C9H12F6S/c1-5(2)7(3,4)16-6(8(10,11)12)9(13,14)15/h6H,1H2,2-4H3. The summed E-state index contributed by atoms with van der Waals surface area (Å²) in [5, 5.41) is -3.38. The first-order valence-corrected chi connectivity index (χ1v) is 5.13. The Morgan fingerprint density at radius 3 is 1.50 bits per heavy atom. The fraction of sp³-hybridized carbons (Fsp3) is 0.778. The molecule has 0 aliphatic rings. The van der Waals surface area contributed by atoms with E-state index in [0.29, 0.717) is 0 Å². The van der Waals surface area contributed by atoms with Crippen LogP contribution in [0.3, 0.4) is 0 Å². The van der Waals surface area contributed by atoms with Gasteiger partial charge >= 0.3 is 12.4 Å². The molecule has 0 spiro atoms. The number of hydrogen-bond donors (Lipinski definition) is 0. The molecule has 0 aromatic rings. The lowest BCUT2D eigenvalue weighted by atomic mass is 10.1. The van der Waals surface area contributed by atoms with Crippen LogP contribution >= 0.6 is 11.8 Å². The molecule has 96 valence electrons. The van der Waals surface area contributed by atoms with Gasteiger partial charge in [-0.05, 0) is 20.8 Å². The van der Waals surface area contributed by atoms with Gasteiger partial charge in [-0.3, -0.25) is 0 Å². The summed E-state index contributed by atoms with van der Waals surface area (Å²) in [4.78, 5) is 0. The number of rotatable bonds is 3. The molecule has 0 aliphatic carbocycles. The van der Waals surface area contributed by atoms with Crippen molar-refractivity contribution in [2.24, 2.45) is 0 Å². The normalized spacial score (nSPS) is 14.4. The predicted molar refractivity (Wildman–Crippen MR) is 52.4 cm³/mol. The molecule has 0 saturated carbocycles. The highest BCUT2D eigenvalue weighted by molar-refractivity contribution is 8.01. The molecule has 0 fully saturated rings. The minimum Gasteiger partial charge on any atom is -0.169 e. The van der Waals surface area contributed by atoms with E-state index >= 15 is 0 Å². The monoisotopic (exact) mass is 266 g/mol. The minimum absolute atomic E-state index is 0.181. The maximum atomic E-state index is 12.2. The second-order valence-electron chi connectivity index (χ2n) is 3.87. The van der Waals surface area contributed by atoms with Gasteiger partial charge in [0.15, 0.2) is 5.25 Å². The molecule has 0 aliphatic heterocycles. The molecule has 0 N–H and O–H groups in total. The first-order chi connectivity index (χ1) is 6.78. The van der Waals surface area contributed by atoms with Gasteiger partial charge in [0.25, 0.3) is 0 Å². The molecule has 0 radical (unpaired) electrons. The Morgan fingerprint density at radius 2 is 1.31 bits per heavy atom. The zero-order valence-electron chi connectivity index (χ0n) is 8.96. The lowest BCUT2D eigenvalue weighted by molar-refractivity contribution is -0.224. The third-order valence-electron chi connectivity index (χ3n) is 2.03. The van der Waals surface area contributed by atoms with Gasteiger partial charge in [-0.1, -0.05) is 12.2 Å². The van der Waals surface area contributed by atoms with Crippen molar-refractivity contribution in [3.63, 3.8) is 0 Å². The lowest BCUT2D eigenvalue weighted by Crippen LogP contribution is -2.42. The van der Waals surface area contributed by atoms with E-state index in [-0.39, 0.29) is 17.3 Å². The molecule has 16 heavy (non-hydrogen) atoms. The highest BCUT2D eigenvalue weighted by atomic mass is 32.2. The van der Waals surface area contributed by atoms with Crippen molar-refractivity contribution in [2.75, 3.05) is 0 Å². The van der Waals surface area contributed by atoms with E-state index in [1.54, 1.807) is 0 Å². The summed E-state index contributed by atoms with van der Waals surface area (Å²) in [7, 11) is 0. The summed E-state index contributed by atoms with van der Waals surface area (Å²) in [6.45, 7) is 7.35. The van der Waals surface area contributed by atoms with Crippen LogP contribution in [-0.4, -0.2) is 22.3 Å². The SMILES string of the molecule is C=C(C)C(C)(C)SC(C(F)(F)F)C(F)(F)F. The van der Waals surface area contributed by atoms with E-state index in [2.05, 4.69) is 6.58 Å².